The quantitative estimate of drug-likeness (QED) is 0.751. The summed E-state index contributed by atoms with van der Waals surface area (Å²) in [5.74, 6) is -0.872. The van der Waals surface area contributed by atoms with Crippen LogP contribution < -0.4 is 5.56 Å². The van der Waals surface area contributed by atoms with Gasteiger partial charge in [-0.3, -0.25) is 9.59 Å². The van der Waals surface area contributed by atoms with Crippen LogP contribution in [0.5, 0.6) is 0 Å². The molecule has 3 rings (SSSR count). The molecule has 0 aliphatic carbocycles. The number of rotatable bonds is 3. The van der Waals surface area contributed by atoms with Crippen LogP contribution in [0, 0.1) is 5.82 Å². The lowest BCUT2D eigenvalue weighted by molar-refractivity contribution is 0.0689. The molecule has 0 N–H and O–H groups in total. The maximum Gasteiger partial charge on any atom is 0.274 e. The average molecular weight is 380 g/mol. The molecule has 0 unspecified atom stereocenters. The van der Waals surface area contributed by atoms with Crippen molar-refractivity contribution in [1.29, 1.82) is 0 Å². The predicted octanol–water partition coefficient (Wildman–Crippen LogP) is 0.0661. The number of amides is 1. The van der Waals surface area contributed by atoms with Crippen molar-refractivity contribution in [3.05, 3.63) is 58.3 Å². The van der Waals surface area contributed by atoms with Gasteiger partial charge in [-0.05, 0) is 30.3 Å². The fourth-order valence-electron chi connectivity index (χ4n) is 2.67. The summed E-state index contributed by atoms with van der Waals surface area (Å²) in [5.41, 5.74) is -0.196. The Balaban J connectivity index is 1.70. The molecule has 8 nitrogen and oxygen atoms in total. The molecule has 2 heterocycles. The number of aromatic nitrogens is 2. The van der Waals surface area contributed by atoms with E-state index in [0.717, 1.165) is 16.8 Å². The minimum absolute atomic E-state index is 0.0124. The van der Waals surface area contributed by atoms with Crippen LogP contribution in [0.25, 0.3) is 0 Å². The van der Waals surface area contributed by atoms with E-state index < -0.39 is 15.8 Å². The molecule has 1 fully saturated rings. The van der Waals surface area contributed by atoms with Gasteiger partial charge in [-0.15, -0.1) is 0 Å². The fraction of sp³-hybridized carbons (Fsp3) is 0.312. The number of halogens is 1. The molecular formula is C16H17FN4O4S. The van der Waals surface area contributed by atoms with Gasteiger partial charge in [-0.25, -0.2) is 17.5 Å². The zero-order valence-electron chi connectivity index (χ0n) is 14.0. The maximum absolute atomic E-state index is 13.0. The van der Waals surface area contributed by atoms with Crippen LogP contribution in [0.4, 0.5) is 4.39 Å². The highest BCUT2D eigenvalue weighted by molar-refractivity contribution is 7.89. The second-order valence-electron chi connectivity index (χ2n) is 5.83. The van der Waals surface area contributed by atoms with Gasteiger partial charge in [0.1, 0.15) is 11.5 Å². The lowest BCUT2D eigenvalue weighted by Gasteiger charge is -2.33. The van der Waals surface area contributed by atoms with Crippen molar-refractivity contribution in [2.24, 2.45) is 7.05 Å². The number of hydrogen-bond acceptors (Lipinski definition) is 5. The van der Waals surface area contributed by atoms with E-state index in [1.165, 1.54) is 40.5 Å². The summed E-state index contributed by atoms with van der Waals surface area (Å²) in [5, 5.41) is 3.92. The van der Waals surface area contributed by atoms with Crippen LogP contribution >= 0.6 is 0 Å². The van der Waals surface area contributed by atoms with Crippen molar-refractivity contribution in [3.63, 3.8) is 0 Å². The third kappa shape index (κ3) is 3.51. The summed E-state index contributed by atoms with van der Waals surface area (Å²) < 4.78 is 40.5. The second-order valence-corrected chi connectivity index (χ2v) is 7.77. The zero-order valence-corrected chi connectivity index (χ0v) is 14.8. The van der Waals surface area contributed by atoms with E-state index in [2.05, 4.69) is 5.10 Å². The molecule has 1 aliphatic heterocycles. The van der Waals surface area contributed by atoms with Gasteiger partial charge in [0.15, 0.2) is 0 Å². The molecule has 1 aliphatic rings. The van der Waals surface area contributed by atoms with Gasteiger partial charge in [0, 0.05) is 39.3 Å². The van der Waals surface area contributed by atoms with E-state index in [4.69, 9.17) is 0 Å². The summed E-state index contributed by atoms with van der Waals surface area (Å²) in [4.78, 5) is 25.3. The van der Waals surface area contributed by atoms with E-state index in [-0.39, 0.29) is 48.2 Å². The van der Waals surface area contributed by atoms with Crippen LogP contribution in [0.3, 0.4) is 0 Å². The first kappa shape index (κ1) is 18.2. The number of carbonyl (C=O) groups excluding carboxylic acids is 1. The second kappa shape index (κ2) is 6.96. The molecule has 0 spiro atoms. The molecule has 138 valence electrons. The molecule has 0 radical (unpaired) electrons. The van der Waals surface area contributed by atoms with Crippen molar-refractivity contribution >= 4 is 15.9 Å². The number of nitrogens with zero attached hydrogens (tertiary/aromatic N) is 4. The number of aryl methyl sites for hydroxylation is 1. The first-order valence-corrected chi connectivity index (χ1v) is 9.32. The van der Waals surface area contributed by atoms with Gasteiger partial charge in [0.05, 0.1) is 4.90 Å². The van der Waals surface area contributed by atoms with E-state index in [0.29, 0.717) is 0 Å². The third-order valence-corrected chi connectivity index (χ3v) is 6.07. The number of hydrogen-bond donors (Lipinski definition) is 0. The monoisotopic (exact) mass is 380 g/mol. The Labute approximate surface area is 149 Å². The lowest BCUT2D eigenvalue weighted by atomic mass is 10.3. The molecule has 0 bridgehead atoms. The van der Waals surface area contributed by atoms with Crippen molar-refractivity contribution in [1.82, 2.24) is 19.0 Å². The van der Waals surface area contributed by atoms with Gasteiger partial charge in [-0.1, -0.05) is 0 Å². The number of benzene rings is 1. The summed E-state index contributed by atoms with van der Waals surface area (Å²) in [6.45, 7) is 0.641. The van der Waals surface area contributed by atoms with Gasteiger partial charge in [0.25, 0.3) is 11.5 Å². The average Bonchev–Trinajstić information content (AvgIpc) is 2.64. The molecule has 1 saturated heterocycles. The first-order valence-electron chi connectivity index (χ1n) is 7.88. The molecule has 2 aromatic rings. The first-order chi connectivity index (χ1) is 12.3. The minimum atomic E-state index is -3.74. The van der Waals surface area contributed by atoms with Gasteiger partial charge in [0.2, 0.25) is 10.0 Å². The van der Waals surface area contributed by atoms with Crippen molar-refractivity contribution in [2.75, 3.05) is 26.2 Å². The normalized spacial score (nSPS) is 15.8. The highest BCUT2D eigenvalue weighted by Crippen LogP contribution is 2.18. The molecule has 0 saturated carbocycles. The van der Waals surface area contributed by atoms with Crippen LogP contribution in [-0.4, -0.2) is 59.5 Å². The Morgan fingerprint density at radius 1 is 1.04 bits per heavy atom. The zero-order chi connectivity index (χ0) is 18.9. The molecule has 1 aromatic heterocycles. The predicted molar refractivity (Wildman–Crippen MR) is 90.5 cm³/mol. The highest BCUT2D eigenvalue weighted by Gasteiger charge is 2.30. The van der Waals surface area contributed by atoms with Crippen molar-refractivity contribution in [2.45, 2.75) is 4.90 Å². The van der Waals surface area contributed by atoms with E-state index in [9.17, 15) is 22.4 Å². The number of piperazine rings is 1. The van der Waals surface area contributed by atoms with E-state index >= 15 is 0 Å². The minimum Gasteiger partial charge on any atom is -0.335 e. The summed E-state index contributed by atoms with van der Waals surface area (Å²) >= 11 is 0. The molecule has 1 aromatic carbocycles. The largest absolute Gasteiger partial charge is 0.335 e. The molecule has 1 amide bonds. The van der Waals surface area contributed by atoms with Crippen molar-refractivity contribution in [3.8, 4) is 0 Å². The number of carbonyl (C=O) groups is 1. The fourth-order valence-corrected chi connectivity index (χ4v) is 4.09. The smallest absolute Gasteiger partial charge is 0.274 e. The van der Waals surface area contributed by atoms with Crippen LogP contribution in [0.2, 0.25) is 0 Å². The third-order valence-electron chi connectivity index (χ3n) is 4.16. The van der Waals surface area contributed by atoms with Gasteiger partial charge < -0.3 is 4.90 Å². The summed E-state index contributed by atoms with van der Waals surface area (Å²) in [6, 6.07) is 7.24. The number of sulfonamides is 1. The lowest BCUT2D eigenvalue weighted by Crippen LogP contribution is -2.50. The standard InChI is InChI=1S/C16H17FN4O4S/c1-19-15(22)7-6-14(18-19)16(23)20-8-10-21(11-9-20)26(24,25)13-4-2-12(17)3-5-13/h2-7H,8-11H2,1H3. The maximum atomic E-state index is 13.0. The molecule has 0 atom stereocenters. The van der Waals surface area contributed by atoms with Crippen LogP contribution in [-0.2, 0) is 17.1 Å². The van der Waals surface area contributed by atoms with E-state index in [1.54, 1.807) is 0 Å². The summed E-state index contributed by atoms with van der Waals surface area (Å²) in [6.07, 6.45) is 0. The summed E-state index contributed by atoms with van der Waals surface area (Å²) in [7, 11) is -2.29. The Hall–Kier alpha value is -2.59. The Morgan fingerprint density at radius 3 is 2.23 bits per heavy atom. The SMILES string of the molecule is Cn1nc(C(=O)N2CCN(S(=O)(=O)c3ccc(F)cc3)CC2)ccc1=O. The highest BCUT2D eigenvalue weighted by atomic mass is 32.2. The van der Waals surface area contributed by atoms with Crippen LogP contribution in [0.15, 0.2) is 46.1 Å². The Kier molecular flexibility index (Phi) is 4.88. The van der Waals surface area contributed by atoms with E-state index in [1.807, 2.05) is 0 Å². The Morgan fingerprint density at radius 2 is 1.65 bits per heavy atom. The molecule has 26 heavy (non-hydrogen) atoms. The Bertz CT molecular complexity index is 980. The van der Waals surface area contributed by atoms with Crippen molar-refractivity contribution < 1.29 is 17.6 Å². The molecule has 10 heteroatoms. The van der Waals surface area contributed by atoms with Gasteiger partial charge in [-0.2, -0.15) is 9.40 Å². The molecular weight excluding hydrogens is 363 g/mol. The topological polar surface area (TPSA) is 92.6 Å². The van der Waals surface area contributed by atoms with Gasteiger partial charge >= 0.3 is 0 Å². The van der Waals surface area contributed by atoms with Crippen LogP contribution in [0.1, 0.15) is 10.5 Å².